The monoisotopic (exact) mass is 1020 g/mol. The van der Waals surface area contributed by atoms with E-state index in [1.807, 2.05) is 34.6 Å². The summed E-state index contributed by atoms with van der Waals surface area (Å²) in [6.07, 6.45) is -2.43. The maximum absolute atomic E-state index is 14.8. The number of ether oxygens (including phenoxy) is 3. The van der Waals surface area contributed by atoms with Crippen LogP contribution in [0, 0.1) is 23.7 Å². The van der Waals surface area contributed by atoms with Gasteiger partial charge >= 0.3 is 11.9 Å². The molecule has 3 heterocycles. The lowest BCUT2D eigenvalue weighted by Gasteiger charge is -2.36. The van der Waals surface area contributed by atoms with Crippen LogP contribution in [-0.2, 0) is 54.3 Å². The maximum Gasteiger partial charge on any atom is 0.329 e. The average Bonchev–Trinajstić information content (AvgIpc) is 3.99. The number of amides is 6. The van der Waals surface area contributed by atoms with Gasteiger partial charge in [0.25, 0.3) is 5.91 Å². The Morgan fingerprint density at radius 2 is 1.56 bits per heavy atom. The van der Waals surface area contributed by atoms with E-state index in [4.69, 9.17) is 26.0 Å². The van der Waals surface area contributed by atoms with Crippen LogP contribution in [0.4, 0.5) is 0 Å². The molecular formula is C51H80ClN7O12. The fourth-order valence-corrected chi connectivity index (χ4v) is 9.82. The van der Waals surface area contributed by atoms with E-state index in [2.05, 4.69) is 16.0 Å². The Labute approximate surface area is 424 Å². The molecule has 20 heteroatoms. The van der Waals surface area contributed by atoms with E-state index < -0.39 is 120 Å². The molecular weight excluding hydrogens is 938 g/mol. The van der Waals surface area contributed by atoms with Crippen LogP contribution in [0.25, 0.3) is 0 Å². The molecule has 0 radical (unpaired) electrons. The highest BCUT2D eigenvalue weighted by Crippen LogP contribution is 2.27. The van der Waals surface area contributed by atoms with Crippen LogP contribution in [0.2, 0.25) is 0 Å². The molecule has 19 nitrogen and oxygen atoms in total. The number of cyclic esters (lactones) is 2. The summed E-state index contributed by atoms with van der Waals surface area (Å²) < 4.78 is 18.6. The second-order valence-electron chi connectivity index (χ2n) is 20.7. The summed E-state index contributed by atoms with van der Waals surface area (Å²) in [5.41, 5.74) is 0.621. The molecule has 0 unspecified atom stereocenters. The fourth-order valence-electron chi connectivity index (χ4n) is 9.52. The Balaban J connectivity index is 1.86. The Hall–Kier alpha value is -5.01. The van der Waals surface area contributed by atoms with Gasteiger partial charge in [-0.25, -0.2) is 9.21 Å². The minimum atomic E-state index is -1.65. The van der Waals surface area contributed by atoms with Crippen LogP contribution in [0.15, 0.2) is 24.3 Å². The zero-order chi connectivity index (χ0) is 53.0. The smallest absolute Gasteiger partial charge is 0.329 e. The first-order chi connectivity index (χ1) is 33.4. The standard InChI is InChI=1S/C51H80ClN7O12/c1-13-31(8)42-40(60)27-41(61)71-44(30(6)7)47(64)53-35(24-28(2)3)48(65)58-22-14-16-36(58)49(66)57(11)39(26-33-18-20-34(69-12)21-19-33)51(68)70-32(9)43(46(63)54-42)55-45(62)38(25-29(4)5)56(10)50(67)37-17-15-23-59(37)52/h18-21,28-32,35-40,42-44,60H,13-17,22-27H2,1-12H3,(H,53,64)(H,54,63)(H,55,62)/t31-,32+,35-,36-,37-,38+,39-,40-,42+,43-,44-/m0/s1. The summed E-state index contributed by atoms with van der Waals surface area (Å²) in [6.45, 7) is 16.5. The number of hydrogen-bond acceptors (Lipinski definition) is 13. The van der Waals surface area contributed by atoms with E-state index in [0.717, 1.165) is 0 Å². The molecule has 0 spiro atoms. The summed E-state index contributed by atoms with van der Waals surface area (Å²) in [4.78, 5) is 119. The van der Waals surface area contributed by atoms with E-state index in [0.29, 0.717) is 43.5 Å². The molecule has 4 rings (SSSR count). The number of carbonyl (C=O) groups excluding carboxylic acids is 8. The van der Waals surface area contributed by atoms with Gasteiger partial charge in [-0.1, -0.05) is 73.9 Å². The van der Waals surface area contributed by atoms with Crippen LogP contribution in [-0.4, -0.2) is 167 Å². The van der Waals surface area contributed by atoms with Gasteiger partial charge in [-0.3, -0.25) is 33.6 Å². The average molecular weight is 1020 g/mol. The first-order valence-corrected chi connectivity index (χ1v) is 25.6. The molecule has 398 valence electrons. The van der Waals surface area contributed by atoms with Crippen molar-refractivity contribution in [3.63, 3.8) is 0 Å². The third-order valence-corrected chi connectivity index (χ3v) is 14.3. The Kier molecular flexibility index (Phi) is 22.0. The van der Waals surface area contributed by atoms with Crippen molar-refractivity contribution < 1.29 is 57.7 Å². The van der Waals surface area contributed by atoms with Gasteiger partial charge in [0.2, 0.25) is 29.5 Å². The number of benzene rings is 1. The highest BCUT2D eigenvalue weighted by Gasteiger charge is 2.45. The number of likely N-dealkylation sites (N-methyl/N-ethyl adjacent to an activating group) is 2. The Morgan fingerprint density at radius 1 is 0.915 bits per heavy atom. The number of nitrogens with one attached hydrogen (secondary N) is 3. The number of esters is 2. The summed E-state index contributed by atoms with van der Waals surface area (Å²) in [6, 6.07) is -1.16. The summed E-state index contributed by atoms with van der Waals surface area (Å²) in [5.74, 6) is -6.37. The van der Waals surface area contributed by atoms with Crippen molar-refractivity contribution in [2.75, 3.05) is 34.3 Å². The lowest BCUT2D eigenvalue weighted by molar-refractivity contribution is -0.162. The lowest BCUT2D eigenvalue weighted by atomic mass is 9.92. The predicted octanol–water partition coefficient (Wildman–Crippen LogP) is 3.36. The van der Waals surface area contributed by atoms with Crippen LogP contribution < -0.4 is 20.7 Å². The van der Waals surface area contributed by atoms with Crippen LogP contribution in [0.1, 0.15) is 119 Å². The number of nitrogens with zero attached hydrogens (tertiary/aromatic N) is 4. The van der Waals surface area contributed by atoms with Gasteiger partial charge in [0.15, 0.2) is 6.10 Å². The number of fused-ring (bicyclic) bond motifs is 1. The first kappa shape index (κ1) is 58.6. The number of aliphatic hydroxyl groups excluding tert-OH is 1. The predicted molar refractivity (Wildman–Crippen MR) is 265 cm³/mol. The third kappa shape index (κ3) is 15.5. The Morgan fingerprint density at radius 3 is 2.13 bits per heavy atom. The summed E-state index contributed by atoms with van der Waals surface area (Å²) in [7, 11) is 4.45. The number of halogens is 1. The van der Waals surface area contributed by atoms with Crippen LogP contribution >= 0.6 is 11.8 Å². The van der Waals surface area contributed by atoms with Gasteiger partial charge in [0.1, 0.15) is 48.1 Å². The molecule has 1 aromatic carbocycles. The SMILES string of the molecule is CC[C@H](C)[C@H]1NC(=O)[C@@H](NC(=O)[C@@H](CC(C)C)N(C)C(=O)[C@@H]2CCCN2Cl)[C@@H](C)OC(=O)[C@H](Cc2ccc(OC)cc2)N(C)C(=O)[C@@H]2CCCN2C(=O)[C@H](CC(C)C)NC(=O)[C@H](C(C)C)OC(=O)C[C@@H]1O. The maximum atomic E-state index is 14.8. The zero-order valence-corrected chi connectivity index (χ0v) is 44.5. The minimum Gasteiger partial charge on any atom is -0.497 e. The third-order valence-electron chi connectivity index (χ3n) is 13.9. The molecule has 3 saturated heterocycles. The minimum absolute atomic E-state index is 0.0667. The van der Waals surface area contributed by atoms with Crippen LogP contribution in [0.5, 0.6) is 5.75 Å². The number of aliphatic hydroxyl groups is 1. The van der Waals surface area contributed by atoms with Gasteiger partial charge in [-0.2, -0.15) is 0 Å². The molecule has 0 aromatic heterocycles. The quantitative estimate of drug-likeness (QED) is 0.155. The van der Waals surface area contributed by atoms with Crippen molar-refractivity contribution in [3.05, 3.63) is 29.8 Å². The van der Waals surface area contributed by atoms with Crippen molar-refractivity contribution in [3.8, 4) is 5.75 Å². The van der Waals surface area contributed by atoms with E-state index in [-0.39, 0.29) is 50.0 Å². The van der Waals surface area contributed by atoms with Gasteiger partial charge in [-0.05, 0) is 98.6 Å². The zero-order valence-electron chi connectivity index (χ0n) is 43.8. The normalized spacial score (nSPS) is 27.9. The molecule has 0 aliphatic carbocycles. The second-order valence-corrected chi connectivity index (χ2v) is 21.2. The largest absolute Gasteiger partial charge is 0.497 e. The van der Waals surface area contributed by atoms with Crippen molar-refractivity contribution in [1.29, 1.82) is 0 Å². The number of carbonyl (C=O) groups is 8. The molecule has 3 aliphatic rings. The fraction of sp³-hybridized carbons (Fsp3) is 0.725. The first-order valence-electron chi connectivity index (χ1n) is 25.3. The highest BCUT2D eigenvalue weighted by molar-refractivity contribution is 6.15. The topological polar surface area (TPSA) is 234 Å². The van der Waals surface area contributed by atoms with Crippen molar-refractivity contribution in [1.82, 2.24) is 35.1 Å². The van der Waals surface area contributed by atoms with Crippen LogP contribution in [0.3, 0.4) is 0 Å². The summed E-state index contributed by atoms with van der Waals surface area (Å²) >= 11 is 6.40. The van der Waals surface area contributed by atoms with E-state index in [1.165, 1.54) is 47.2 Å². The lowest BCUT2D eigenvalue weighted by Crippen LogP contribution is -2.62. The molecule has 11 atom stereocenters. The molecule has 1 aromatic rings. The number of methoxy groups -OCH3 is 1. The van der Waals surface area contributed by atoms with Gasteiger partial charge in [0.05, 0.1) is 25.7 Å². The van der Waals surface area contributed by atoms with Gasteiger partial charge in [-0.15, -0.1) is 0 Å². The second kappa shape index (κ2) is 26.6. The Bertz CT molecular complexity index is 2020. The van der Waals surface area contributed by atoms with E-state index in [9.17, 15) is 43.5 Å². The number of rotatable bonds is 14. The van der Waals surface area contributed by atoms with E-state index in [1.54, 1.807) is 45.0 Å². The molecule has 0 bridgehead atoms. The van der Waals surface area contributed by atoms with Crippen molar-refractivity contribution >= 4 is 59.2 Å². The van der Waals surface area contributed by atoms with E-state index >= 15 is 0 Å². The van der Waals surface area contributed by atoms with Crippen molar-refractivity contribution in [2.24, 2.45) is 23.7 Å². The molecule has 3 aliphatic heterocycles. The van der Waals surface area contributed by atoms with Crippen molar-refractivity contribution in [2.45, 2.75) is 181 Å². The van der Waals surface area contributed by atoms with Gasteiger partial charge in [0, 0.05) is 33.6 Å². The molecule has 3 fully saturated rings. The molecule has 0 saturated carbocycles. The van der Waals surface area contributed by atoms with Gasteiger partial charge < -0.3 is 50.0 Å². The number of hydrogen-bond donors (Lipinski definition) is 4. The summed E-state index contributed by atoms with van der Waals surface area (Å²) in [5, 5.41) is 20.1. The molecule has 6 amide bonds. The molecule has 4 N–H and O–H groups in total. The highest BCUT2D eigenvalue weighted by atomic mass is 35.5. The molecule has 71 heavy (non-hydrogen) atoms.